The number of hydrogen-bond donors (Lipinski definition) is 1. The Bertz CT molecular complexity index is 980. The molecule has 168 valence electrons. The minimum absolute atomic E-state index is 0.0416. The Hall–Kier alpha value is -2.03. The number of nitrogens with zero attached hydrogens (tertiary/aromatic N) is 1. The second-order valence-electron chi connectivity index (χ2n) is 6.90. The van der Waals surface area contributed by atoms with E-state index in [4.69, 9.17) is 39.6 Å². The number of halogens is 6. The van der Waals surface area contributed by atoms with Crippen LogP contribution in [0.5, 0.6) is 0 Å². The Balaban J connectivity index is 2.39. The Kier molecular flexibility index (Phi) is 7.84. The summed E-state index contributed by atoms with van der Waals surface area (Å²) in [6.45, 7) is 4.55. The number of nitrogens with one attached hydrogen (secondary N) is 1. The maximum absolute atomic E-state index is 14.1. The van der Waals surface area contributed by atoms with E-state index in [1.54, 1.807) is 13.8 Å². The van der Waals surface area contributed by atoms with Gasteiger partial charge in [0.15, 0.2) is 0 Å². The largest absolute Gasteiger partial charge is 0.435 e. The summed E-state index contributed by atoms with van der Waals surface area (Å²) >= 11 is 17.7. The Labute approximate surface area is 191 Å². The van der Waals surface area contributed by atoms with Crippen molar-refractivity contribution in [1.82, 2.24) is 5.32 Å². The number of carbonyl (C=O) groups excluding carboxylic acids is 2. The number of oxime groups is 1. The maximum atomic E-state index is 14.1. The molecule has 1 atom stereocenters. The first-order chi connectivity index (χ1) is 14.3. The van der Waals surface area contributed by atoms with Gasteiger partial charge in [0.05, 0.1) is 27.3 Å². The molecule has 1 aromatic rings. The summed E-state index contributed by atoms with van der Waals surface area (Å²) in [6, 6.07) is 2.10. The van der Waals surface area contributed by atoms with Gasteiger partial charge in [0.1, 0.15) is 6.29 Å². The van der Waals surface area contributed by atoms with Crippen LogP contribution < -0.4 is 5.32 Å². The van der Waals surface area contributed by atoms with Gasteiger partial charge in [-0.2, -0.15) is 13.2 Å². The molecule has 11 heteroatoms. The number of aldehydes is 1. The first kappa shape index (κ1) is 25.2. The van der Waals surface area contributed by atoms with E-state index in [0.29, 0.717) is 23.0 Å². The van der Waals surface area contributed by atoms with Crippen molar-refractivity contribution < 1.29 is 27.6 Å². The van der Waals surface area contributed by atoms with Gasteiger partial charge in [-0.25, -0.2) is 0 Å². The molecular formula is C20H18Cl3F3N2O3. The van der Waals surface area contributed by atoms with E-state index in [-0.39, 0.29) is 32.9 Å². The predicted octanol–water partition coefficient (Wildman–Crippen LogP) is 5.78. The second-order valence-corrected chi connectivity index (χ2v) is 8.09. The summed E-state index contributed by atoms with van der Waals surface area (Å²) in [6.07, 6.45) is -3.41. The SMILES string of the molecule is CC(=C/C(C)=C(\C)C(=O)NCC=O)C1=NOC(c2cc(Cl)c(Cl)c(Cl)c2)(C(F)(F)F)C1. The summed E-state index contributed by atoms with van der Waals surface area (Å²) in [7, 11) is 0. The van der Waals surface area contributed by atoms with E-state index in [9.17, 15) is 22.8 Å². The van der Waals surface area contributed by atoms with Crippen molar-refractivity contribution in [2.75, 3.05) is 6.54 Å². The van der Waals surface area contributed by atoms with E-state index in [2.05, 4.69) is 10.5 Å². The van der Waals surface area contributed by atoms with Gasteiger partial charge < -0.3 is 14.9 Å². The van der Waals surface area contributed by atoms with Crippen LogP contribution in [-0.4, -0.2) is 30.6 Å². The summed E-state index contributed by atoms with van der Waals surface area (Å²) in [5.74, 6) is -0.464. The average Bonchev–Trinajstić information content (AvgIpc) is 3.16. The smallest absolute Gasteiger partial charge is 0.374 e. The van der Waals surface area contributed by atoms with Crippen molar-refractivity contribution in [2.45, 2.75) is 39.0 Å². The minimum atomic E-state index is -4.84. The fraction of sp³-hybridized carbons (Fsp3) is 0.350. The van der Waals surface area contributed by atoms with Gasteiger partial charge in [-0.3, -0.25) is 4.79 Å². The summed E-state index contributed by atoms with van der Waals surface area (Å²) in [4.78, 5) is 27.3. The lowest BCUT2D eigenvalue weighted by atomic mass is 9.86. The molecular weight excluding hydrogens is 480 g/mol. The molecule has 0 bridgehead atoms. The average molecular weight is 498 g/mol. The Morgan fingerprint density at radius 1 is 1.23 bits per heavy atom. The standard InChI is InChI=1S/C20H18Cl3F3N2O3/c1-10(12(3)18(30)27-4-5-29)6-11(2)16-9-19(31-28-16,20(24,25)26)13-7-14(21)17(23)15(22)8-13/h5-8H,4,9H2,1-3H3,(H,27,30)/b11-6?,12-10+. The zero-order valence-corrected chi connectivity index (χ0v) is 18.9. The molecule has 1 heterocycles. The lowest BCUT2D eigenvalue weighted by Crippen LogP contribution is -2.42. The van der Waals surface area contributed by atoms with E-state index in [1.807, 2.05) is 0 Å². The zero-order chi connectivity index (χ0) is 23.6. The van der Waals surface area contributed by atoms with E-state index < -0.39 is 24.1 Å². The highest BCUT2D eigenvalue weighted by molar-refractivity contribution is 6.48. The summed E-state index contributed by atoms with van der Waals surface area (Å²) < 4.78 is 42.3. The number of allylic oxidation sites excluding steroid dienone is 3. The molecule has 31 heavy (non-hydrogen) atoms. The molecule has 1 aromatic carbocycles. The molecule has 0 aliphatic carbocycles. The van der Waals surface area contributed by atoms with Crippen molar-refractivity contribution >= 4 is 52.7 Å². The number of benzene rings is 1. The molecule has 1 unspecified atom stereocenters. The molecule has 0 aromatic heterocycles. The van der Waals surface area contributed by atoms with Crippen LogP contribution >= 0.6 is 34.8 Å². The number of carbonyl (C=O) groups is 2. The van der Waals surface area contributed by atoms with Crippen LogP contribution in [0, 0.1) is 0 Å². The first-order valence-corrected chi connectivity index (χ1v) is 10.0. The molecule has 5 nitrogen and oxygen atoms in total. The van der Waals surface area contributed by atoms with Crippen molar-refractivity contribution in [3.05, 3.63) is 55.6 Å². The molecule has 0 fully saturated rings. The second kappa shape index (κ2) is 9.63. The number of alkyl halides is 3. The monoisotopic (exact) mass is 496 g/mol. The normalized spacial score (nSPS) is 20.0. The molecule has 0 radical (unpaired) electrons. The molecule has 1 amide bonds. The maximum Gasteiger partial charge on any atom is 0.435 e. The quantitative estimate of drug-likeness (QED) is 0.234. The Morgan fingerprint density at radius 3 is 2.32 bits per heavy atom. The van der Waals surface area contributed by atoms with Gasteiger partial charge in [0.25, 0.3) is 5.60 Å². The van der Waals surface area contributed by atoms with Gasteiger partial charge in [-0.05, 0) is 44.1 Å². The van der Waals surface area contributed by atoms with Crippen molar-refractivity contribution in [2.24, 2.45) is 5.16 Å². The van der Waals surface area contributed by atoms with Crippen LogP contribution in [0.25, 0.3) is 0 Å². The highest BCUT2D eigenvalue weighted by atomic mass is 35.5. The number of rotatable bonds is 6. The summed E-state index contributed by atoms with van der Waals surface area (Å²) in [5.41, 5.74) is -1.91. The van der Waals surface area contributed by atoms with Crippen LogP contribution in [0.15, 0.2) is 40.1 Å². The van der Waals surface area contributed by atoms with Crippen LogP contribution in [-0.2, 0) is 20.0 Å². The Morgan fingerprint density at radius 2 is 1.81 bits per heavy atom. The fourth-order valence-corrected chi connectivity index (χ4v) is 3.46. The number of hydrogen-bond acceptors (Lipinski definition) is 4. The lowest BCUT2D eigenvalue weighted by Gasteiger charge is -2.30. The molecule has 1 aliphatic heterocycles. The van der Waals surface area contributed by atoms with Gasteiger partial charge in [-0.1, -0.05) is 46.0 Å². The highest BCUT2D eigenvalue weighted by Crippen LogP contribution is 2.50. The third-order valence-electron chi connectivity index (χ3n) is 4.80. The van der Waals surface area contributed by atoms with Crippen molar-refractivity contribution in [3.8, 4) is 0 Å². The van der Waals surface area contributed by atoms with Crippen LogP contribution in [0.1, 0.15) is 32.8 Å². The fourth-order valence-electron chi connectivity index (χ4n) is 2.87. The highest BCUT2D eigenvalue weighted by Gasteiger charge is 2.62. The zero-order valence-electron chi connectivity index (χ0n) is 16.7. The molecule has 0 saturated carbocycles. The van der Waals surface area contributed by atoms with Gasteiger partial charge in [0.2, 0.25) is 5.91 Å². The number of amides is 1. The lowest BCUT2D eigenvalue weighted by molar-refractivity contribution is -0.275. The van der Waals surface area contributed by atoms with Crippen molar-refractivity contribution in [1.29, 1.82) is 0 Å². The minimum Gasteiger partial charge on any atom is -0.374 e. The first-order valence-electron chi connectivity index (χ1n) is 8.88. The molecule has 0 spiro atoms. The molecule has 0 saturated heterocycles. The topological polar surface area (TPSA) is 67.8 Å². The van der Waals surface area contributed by atoms with E-state index >= 15 is 0 Å². The van der Waals surface area contributed by atoms with Crippen LogP contribution in [0.3, 0.4) is 0 Å². The molecule has 1 aliphatic rings. The third-order valence-corrected chi connectivity index (χ3v) is 6.00. The third kappa shape index (κ3) is 5.25. The predicted molar refractivity (Wildman–Crippen MR) is 114 cm³/mol. The van der Waals surface area contributed by atoms with E-state index in [1.165, 1.54) is 13.0 Å². The van der Waals surface area contributed by atoms with Gasteiger partial charge in [0, 0.05) is 17.6 Å². The van der Waals surface area contributed by atoms with Crippen molar-refractivity contribution in [3.63, 3.8) is 0 Å². The van der Waals surface area contributed by atoms with Gasteiger partial charge >= 0.3 is 6.18 Å². The molecule has 2 rings (SSSR count). The molecule has 1 N–H and O–H groups in total. The van der Waals surface area contributed by atoms with E-state index in [0.717, 1.165) is 12.1 Å². The summed E-state index contributed by atoms with van der Waals surface area (Å²) in [5, 5.41) is 5.70. The van der Waals surface area contributed by atoms with Gasteiger partial charge in [-0.15, -0.1) is 0 Å². The van der Waals surface area contributed by atoms with Crippen LogP contribution in [0.4, 0.5) is 13.2 Å². The van der Waals surface area contributed by atoms with Crippen LogP contribution in [0.2, 0.25) is 15.1 Å².